The summed E-state index contributed by atoms with van der Waals surface area (Å²) in [5, 5.41) is 20.2. The predicted octanol–water partition coefficient (Wildman–Crippen LogP) is 6.71. The molecule has 2 N–H and O–H groups in total. The first-order valence-electron chi connectivity index (χ1n) is 11.8. The Morgan fingerprint density at radius 2 is 1.68 bits per heavy atom. The van der Waals surface area contributed by atoms with Crippen molar-refractivity contribution in [2.45, 2.75) is 64.2 Å². The Morgan fingerprint density at radius 3 is 2.23 bits per heavy atom. The normalized spacial score (nSPS) is 29.4. The molecule has 0 aliphatic heterocycles. The zero-order valence-electron chi connectivity index (χ0n) is 18.5. The van der Waals surface area contributed by atoms with E-state index in [1.54, 1.807) is 6.08 Å². The fourth-order valence-electron chi connectivity index (χ4n) is 7.19. The summed E-state index contributed by atoms with van der Waals surface area (Å²) in [7, 11) is 0. The lowest BCUT2D eigenvalue weighted by atomic mass is 9.48. The number of aromatic hydroxyl groups is 1. The van der Waals surface area contributed by atoms with Gasteiger partial charge in [0.25, 0.3) is 0 Å². The van der Waals surface area contributed by atoms with Gasteiger partial charge in [0.1, 0.15) is 5.75 Å². The molecule has 31 heavy (non-hydrogen) atoms. The van der Waals surface area contributed by atoms with Crippen LogP contribution in [0.15, 0.2) is 42.0 Å². The van der Waals surface area contributed by atoms with Crippen LogP contribution < -0.4 is 0 Å². The molecule has 3 heteroatoms. The van der Waals surface area contributed by atoms with Gasteiger partial charge in [-0.2, -0.15) is 0 Å². The number of carbonyl (C=O) groups is 1. The fourth-order valence-corrected chi connectivity index (χ4v) is 7.19. The molecule has 3 nitrogen and oxygen atoms in total. The zero-order valence-corrected chi connectivity index (χ0v) is 18.5. The number of aliphatic carboxylic acids is 1. The maximum Gasteiger partial charge on any atom is 0.331 e. The van der Waals surface area contributed by atoms with E-state index >= 15 is 0 Å². The van der Waals surface area contributed by atoms with Gasteiger partial charge in [0.15, 0.2) is 0 Å². The maximum atomic E-state index is 11.3. The van der Waals surface area contributed by atoms with Crippen LogP contribution in [0.25, 0.3) is 17.2 Å². The minimum atomic E-state index is -0.858. The van der Waals surface area contributed by atoms with E-state index in [1.165, 1.54) is 38.5 Å². The molecule has 0 radical (unpaired) electrons. The molecule has 0 heterocycles. The number of phenolic OH excluding ortho intramolecular Hbond substituents is 1. The summed E-state index contributed by atoms with van der Waals surface area (Å²) in [6, 6.07) is 12.3. The number of carboxylic acids is 1. The van der Waals surface area contributed by atoms with Crippen molar-refractivity contribution in [2.75, 3.05) is 0 Å². The van der Waals surface area contributed by atoms with Crippen molar-refractivity contribution < 1.29 is 15.0 Å². The number of aryl methyl sites for hydroxylation is 1. The molecule has 4 saturated carbocycles. The summed E-state index contributed by atoms with van der Waals surface area (Å²) < 4.78 is 0. The van der Waals surface area contributed by atoms with Crippen LogP contribution in [-0.2, 0) is 10.2 Å². The number of rotatable bonds is 5. The Balaban J connectivity index is 1.51. The van der Waals surface area contributed by atoms with E-state index in [-0.39, 0.29) is 5.41 Å². The molecule has 0 spiro atoms. The van der Waals surface area contributed by atoms with Crippen molar-refractivity contribution in [1.82, 2.24) is 0 Å². The lowest BCUT2D eigenvalue weighted by Crippen LogP contribution is -2.48. The Morgan fingerprint density at radius 1 is 1.03 bits per heavy atom. The number of phenols is 1. The van der Waals surface area contributed by atoms with Crippen molar-refractivity contribution in [3.63, 3.8) is 0 Å². The molecule has 162 valence electrons. The number of benzene rings is 2. The van der Waals surface area contributed by atoms with Crippen molar-refractivity contribution in [3.8, 4) is 16.9 Å². The van der Waals surface area contributed by atoms with E-state index in [0.29, 0.717) is 17.7 Å². The Bertz CT molecular complexity index is 1030. The largest absolute Gasteiger partial charge is 0.508 e. The quantitative estimate of drug-likeness (QED) is 0.532. The summed E-state index contributed by atoms with van der Waals surface area (Å²) in [6.07, 6.45) is 10.1. The number of hydrogen-bond donors (Lipinski definition) is 2. The second-order valence-electron chi connectivity index (χ2n) is 10.3. The first-order valence-corrected chi connectivity index (χ1v) is 11.8. The van der Waals surface area contributed by atoms with Gasteiger partial charge < -0.3 is 10.2 Å². The highest BCUT2D eigenvalue weighted by molar-refractivity contribution is 5.92. The van der Waals surface area contributed by atoms with Crippen LogP contribution in [-0.4, -0.2) is 16.2 Å². The third-order valence-corrected chi connectivity index (χ3v) is 8.16. The Labute approximate surface area is 184 Å². The molecule has 0 amide bonds. The molecule has 0 atom stereocenters. The highest BCUT2D eigenvalue weighted by Gasteiger charge is 2.52. The molecule has 4 bridgehead atoms. The predicted molar refractivity (Wildman–Crippen MR) is 124 cm³/mol. The first-order chi connectivity index (χ1) is 14.9. The average Bonchev–Trinajstić information content (AvgIpc) is 2.71. The van der Waals surface area contributed by atoms with Gasteiger partial charge in [0, 0.05) is 11.1 Å². The van der Waals surface area contributed by atoms with Gasteiger partial charge in [-0.05, 0) is 116 Å². The molecule has 0 aromatic heterocycles. The third kappa shape index (κ3) is 3.58. The summed E-state index contributed by atoms with van der Waals surface area (Å²) in [5.41, 5.74) is 6.06. The molecule has 2 aromatic carbocycles. The van der Waals surface area contributed by atoms with Gasteiger partial charge in [-0.15, -0.1) is 0 Å². The van der Waals surface area contributed by atoms with Crippen molar-refractivity contribution in [2.24, 2.45) is 17.8 Å². The van der Waals surface area contributed by atoms with E-state index < -0.39 is 5.97 Å². The molecule has 6 rings (SSSR count). The highest BCUT2D eigenvalue weighted by atomic mass is 16.4. The van der Waals surface area contributed by atoms with Crippen LogP contribution in [0.4, 0.5) is 0 Å². The van der Waals surface area contributed by atoms with Crippen molar-refractivity contribution in [1.29, 1.82) is 0 Å². The minimum absolute atomic E-state index is 0.156. The second kappa shape index (κ2) is 7.55. The summed E-state index contributed by atoms with van der Waals surface area (Å²) in [5.74, 6) is 2.11. The summed E-state index contributed by atoms with van der Waals surface area (Å²) in [6.45, 7) is 3.94. The molecule has 4 fully saturated rings. The molecular formula is C28H32O3. The third-order valence-electron chi connectivity index (χ3n) is 8.16. The lowest BCUT2D eigenvalue weighted by Gasteiger charge is -2.57. The van der Waals surface area contributed by atoms with Crippen LogP contribution in [0.5, 0.6) is 5.75 Å². The number of carboxylic acid groups (broad SMARTS) is 1. The first kappa shape index (κ1) is 20.4. The SMILES string of the molecule is CCC(=Cc1ccc(-c2ccc(O)c(C34CC5CC(CC(C5)C3)C4)c2)c(C)c1)C(=O)O. The van der Waals surface area contributed by atoms with Crippen LogP contribution in [0.3, 0.4) is 0 Å². The standard InChI is InChI=1S/C28H32O3/c1-3-22(27(30)31)12-18-4-6-24(17(2)8-18)23-5-7-26(29)25(13-23)28-14-19-9-20(15-28)11-21(10-19)16-28/h4-8,12-13,19-21,29H,3,9-11,14-16H2,1-2H3,(H,30,31). The van der Waals surface area contributed by atoms with Crippen LogP contribution in [0, 0.1) is 24.7 Å². The average molecular weight is 417 g/mol. The van der Waals surface area contributed by atoms with E-state index in [1.807, 2.05) is 25.1 Å². The lowest BCUT2D eigenvalue weighted by molar-refractivity contribution is -0.132. The molecule has 0 unspecified atom stereocenters. The molecule has 4 aliphatic carbocycles. The van der Waals surface area contributed by atoms with Gasteiger partial charge in [-0.1, -0.05) is 31.2 Å². The van der Waals surface area contributed by atoms with Crippen LogP contribution in [0.1, 0.15) is 68.6 Å². The van der Waals surface area contributed by atoms with Crippen LogP contribution >= 0.6 is 0 Å². The maximum absolute atomic E-state index is 11.3. The van der Waals surface area contributed by atoms with E-state index in [2.05, 4.69) is 25.1 Å². The van der Waals surface area contributed by atoms with Crippen molar-refractivity contribution in [3.05, 3.63) is 58.7 Å². The van der Waals surface area contributed by atoms with Gasteiger partial charge in [-0.3, -0.25) is 0 Å². The van der Waals surface area contributed by atoms with Gasteiger partial charge in [0.2, 0.25) is 0 Å². The monoisotopic (exact) mass is 416 g/mol. The Hall–Kier alpha value is -2.55. The fraction of sp³-hybridized carbons (Fsp3) is 0.464. The van der Waals surface area contributed by atoms with Gasteiger partial charge in [0.05, 0.1) is 0 Å². The number of hydrogen-bond acceptors (Lipinski definition) is 2. The van der Waals surface area contributed by atoms with E-state index in [9.17, 15) is 15.0 Å². The zero-order chi connectivity index (χ0) is 21.8. The highest BCUT2D eigenvalue weighted by Crippen LogP contribution is 2.62. The molecule has 4 aliphatic rings. The minimum Gasteiger partial charge on any atom is -0.508 e. The summed E-state index contributed by atoms with van der Waals surface area (Å²) >= 11 is 0. The topological polar surface area (TPSA) is 57.5 Å². The van der Waals surface area contributed by atoms with Crippen molar-refractivity contribution >= 4 is 12.0 Å². The van der Waals surface area contributed by atoms with E-state index in [4.69, 9.17) is 0 Å². The second-order valence-corrected chi connectivity index (χ2v) is 10.3. The summed E-state index contributed by atoms with van der Waals surface area (Å²) in [4.78, 5) is 11.3. The molecular weight excluding hydrogens is 384 g/mol. The smallest absolute Gasteiger partial charge is 0.331 e. The van der Waals surface area contributed by atoms with Gasteiger partial charge in [-0.25, -0.2) is 4.79 Å². The van der Waals surface area contributed by atoms with Crippen LogP contribution in [0.2, 0.25) is 0 Å². The van der Waals surface area contributed by atoms with E-state index in [0.717, 1.165) is 45.6 Å². The Kier molecular flexibility index (Phi) is 4.96. The van der Waals surface area contributed by atoms with Gasteiger partial charge >= 0.3 is 5.97 Å². The molecule has 2 aromatic rings. The molecule has 0 saturated heterocycles.